The summed E-state index contributed by atoms with van der Waals surface area (Å²) in [5.74, 6) is -1.40. The molecule has 5 rings (SSSR count). The molecule has 1 unspecified atom stereocenters. The summed E-state index contributed by atoms with van der Waals surface area (Å²) in [6, 6.07) is 9.95. The van der Waals surface area contributed by atoms with Gasteiger partial charge in [-0.25, -0.2) is 18.7 Å². The van der Waals surface area contributed by atoms with Crippen molar-refractivity contribution in [3.05, 3.63) is 102 Å². The van der Waals surface area contributed by atoms with Crippen molar-refractivity contribution in [3.63, 3.8) is 0 Å². The number of halogens is 2. The Morgan fingerprint density at radius 2 is 1.93 bits per heavy atom. The number of anilines is 2. The van der Waals surface area contributed by atoms with Crippen LogP contribution in [-0.4, -0.2) is 65.1 Å². The highest BCUT2D eigenvalue weighted by Crippen LogP contribution is 2.27. The Morgan fingerprint density at radius 1 is 1.17 bits per heavy atom. The summed E-state index contributed by atoms with van der Waals surface area (Å²) >= 11 is 0. The summed E-state index contributed by atoms with van der Waals surface area (Å²) in [7, 11) is 1.56. The molecule has 3 heterocycles. The first-order valence-electron chi connectivity index (χ1n) is 12.8. The number of nitrogens with one attached hydrogen (secondary N) is 3. The Kier molecular flexibility index (Phi) is 8.11. The average Bonchev–Trinajstić information content (AvgIpc) is 3.16. The van der Waals surface area contributed by atoms with Crippen molar-refractivity contribution in [1.29, 1.82) is 0 Å². The molecule has 1 fully saturated rings. The van der Waals surface area contributed by atoms with Crippen LogP contribution in [0.15, 0.2) is 72.6 Å². The Labute approximate surface area is 234 Å². The van der Waals surface area contributed by atoms with Gasteiger partial charge in [0, 0.05) is 55.8 Å². The number of hydrogen-bond donors (Lipinski definition) is 3. The topological polar surface area (TPSA) is 121 Å². The van der Waals surface area contributed by atoms with Crippen molar-refractivity contribution in [2.45, 2.75) is 12.6 Å². The second-order valence-electron chi connectivity index (χ2n) is 9.23. The number of nitrogens with zero attached hydrogens (tertiary/aromatic N) is 4. The van der Waals surface area contributed by atoms with Crippen LogP contribution in [0.3, 0.4) is 0 Å². The molecule has 10 nitrogen and oxygen atoms in total. The van der Waals surface area contributed by atoms with Crippen LogP contribution in [0.4, 0.5) is 20.4 Å². The van der Waals surface area contributed by atoms with Crippen LogP contribution in [0.2, 0.25) is 0 Å². The van der Waals surface area contributed by atoms with E-state index in [1.165, 1.54) is 18.4 Å². The normalized spacial score (nSPS) is 16.5. The lowest BCUT2D eigenvalue weighted by molar-refractivity contribution is -0.123. The van der Waals surface area contributed by atoms with Crippen LogP contribution in [0.5, 0.6) is 0 Å². The second-order valence-corrected chi connectivity index (χ2v) is 9.23. The van der Waals surface area contributed by atoms with E-state index >= 15 is 0 Å². The number of rotatable bonds is 7. The Hall–Kier alpha value is -4.97. The zero-order valence-corrected chi connectivity index (χ0v) is 22.2. The number of fused-ring (bicyclic) bond motifs is 1. The van der Waals surface area contributed by atoms with Crippen LogP contribution in [0.1, 0.15) is 27.2 Å². The molecule has 0 saturated carbocycles. The van der Waals surface area contributed by atoms with Gasteiger partial charge in [0.25, 0.3) is 5.91 Å². The van der Waals surface area contributed by atoms with Crippen molar-refractivity contribution in [2.75, 3.05) is 32.0 Å². The lowest BCUT2D eigenvalue weighted by Crippen LogP contribution is -2.57. The number of likely N-dealkylation sites (N-methyl/N-ethyl adjacent to an activating group) is 1. The zero-order valence-electron chi connectivity index (χ0n) is 22.2. The van der Waals surface area contributed by atoms with Crippen molar-refractivity contribution in [1.82, 2.24) is 25.5 Å². The van der Waals surface area contributed by atoms with E-state index in [0.717, 1.165) is 12.1 Å². The fraction of sp³-hybridized carbons (Fsp3) is 0.207. The molecule has 1 saturated heterocycles. The monoisotopic (exact) mass is 559 g/mol. The predicted octanol–water partition coefficient (Wildman–Crippen LogP) is 3.16. The molecule has 2 amide bonds. The number of aromatic nitrogens is 2. The van der Waals surface area contributed by atoms with Crippen molar-refractivity contribution < 1.29 is 23.1 Å². The van der Waals surface area contributed by atoms with E-state index in [1.807, 2.05) is 0 Å². The van der Waals surface area contributed by atoms with Gasteiger partial charge in [-0.2, -0.15) is 0 Å². The summed E-state index contributed by atoms with van der Waals surface area (Å²) in [4.78, 5) is 39.9. The number of piperazine rings is 1. The number of carbonyl (C=O) groups excluding carboxylic acids is 2. The van der Waals surface area contributed by atoms with Crippen LogP contribution >= 0.6 is 0 Å². The number of carbonyl (C=O) groups is 2. The minimum Gasteiger partial charge on any atom is -0.463 e. The SMILES string of the molecule is C=COC1=CC(c2c(F)cccc2F)=NCc2cnc(Nc3ccc(C(=O)N4CCNC(C(=O)NC)C4)cc3)nc21. The number of aliphatic imine (C=N–C) groups is 1. The van der Waals surface area contributed by atoms with E-state index in [2.05, 4.69) is 37.5 Å². The van der Waals surface area contributed by atoms with Crippen molar-refractivity contribution >= 4 is 34.9 Å². The molecule has 1 atom stereocenters. The highest BCUT2D eigenvalue weighted by Gasteiger charge is 2.28. The molecular weight excluding hydrogens is 532 g/mol. The quantitative estimate of drug-likeness (QED) is 0.381. The fourth-order valence-corrected chi connectivity index (χ4v) is 4.57. The van der Waals surface area contributed by atoms with Gasteiger partial charge in [-0.3, -0.25) is 14.6 Å². The highest BCUT2D eigenvalue weighted by atomic mass is 19.1. The maximum atomic E-state index is 14.5. The van der Waals surface area contributed by atoms with Gasteiger partial charge in [0.2, 0.25) is 11.9 Å². The predicted molar refractivity (Wildman–Crippen MR) is 149 cm³/mol. The Balaban J connectivity index is 1.34. The van der Waals surface area contributed by atoms with Gasteiger partial charge >= 0.3 is 0 Å². The molecule has 1 aromatic heterocycles. The van der Waals surface area contributed by atoms with E-state index in [-0.39, 0.29) is 47.9 Å². The smallest absolute Gasteiger partial charge is 0.253 e. The van der Waals surface area contributed by atoms with Gasteiger partial charge in [0.1, 0.15) is 23.4 Å². The summed E-state index contributed by atoms with van der Waals surface area (Å²) in [6.45, 7) is 4.95. The van der Waals surface area contributed by atoms with Gasteiger partial charge in [-0.05, 0) is 36.4 Å². The molecule has 2 aliphatic heterocycles. The lowest BCUT2D eigenvalue weighted by atomic mass is 10.1. The van der Waals surface area contributed by atoms with Crippen LogP contribution in [-0.2, 0) is 16.1 Å². The van der Waals surface area contributed by atoms with Gasteiger partial charge < -0.3 is 25.6 Å². The van der Waals surface area contributed by atoms with Gasteiger partial charge in [-0.1, -0.05) is 12.6 Å². The molecule has 0 bridgehead atoms. The minimum atomic E-state index is -0.748. The maximum absolute atomic E-state index is 14.5. The van der Waals surface area contributed by atoms with Crippen LogP contribution < -0.4 is 16.0 Å². The third-order valence-electron chi connectivity index (χ3n) is 6.63. The van der Waals surface area contributed by atoms with Crippen LogP contribution in [0.25, 0.3) is 5.76 Å². The highest BCUT2D eigenvalue weighted by molar-refractivity contribution is 6.12. The largest absolute Gasteiger partial charge is 0.463 e. The summed E-state index contributed by atoms with van der Waals surface area (Å²) < 4.78 is 34.5. The Bertz CT molecular complexity index is 1540. The molecule has 0 spiro atoms. The number of hydrogen-bond acceptors (Lipinski definition) is 8. The molecule has 0 radical (unpaired) electrons. The van der Waals surface area contributed by atoms with E-state index in [4.69, 9.17) is 4.74 Å². The van der Waals surface area contributed by atoms with E-state index < -0.39 is 17.7 Å². The molecule has 3 N–H and O–H groups in total. The third kappa shape index (κ3) is 5.97. The summed E-state index contributed by atoms with van der Waals surface area (Å²) in [5.41, 5.74) is 1.87. The number of allylic oxidation sites excluding steroid dienone is 1. The van der Waals surface area contributed by atoms with Gasteiger partial charge in [0.05, 0.1) is 24.1 Å². The van der Waals surface area contributed by atoms with E-state index in [0.29, 0.717) is 35.6 Å². The number of ether oxygens (including phenoxy) is 1. The lowest BCUT2D eigenvalue weighted by Gasteiger charge is -2.32. The molecular formula is C29H27F2N7O3. The van der Waals surface area contributed by atoms with E-state index in [9.17, 15) is 18.4 Å². The first-order chi connectivity index (χ1) is 19.9. The van der Waals surface area contributed by atoms with Crippen molar-refractivity contribution in [2.24, 2.45) is 4.99 Å². The molecule has 12 heteroatoms. The number of amides is 2. The molecule has 2 aromatic carbocycles. The zero-order chi connectivity index (χ0) is 28.9. The van der Waals surface area contributed by atoms with Crippen LogP contribution in [0, 0.1) is 11.6 Å². The van der Waals surface area contributed by atoms with Gasteiger partial charge in [0.15, 0.2) is 5.76 Å². The standard InChI is InChI=1S/C29H27F2N7O3/c1-3-41-24-13-22(25-20(30)5-4-6-21(25)31)34-14-18-15-35-29(37-26(18)24)36-19-9-7-17(8-10-19)28(40)38-12-11-33-23(16-38)27(39)32-2/h3-10,13,15,23,33H,1,11-12,14,16H2,2H3,(H,32,39)(H,35,36,37). The minimum absolute atomic E-state index is 0.0661. The summed E-state index contributed by atoms with van der Waals surface area (Å²) in [6.07, 6.45) is 4.16. The maximum Gasteiger partial charge on any atom is 0.253 e. The molecule has 0 aliphatic carbocycles. The fourth-order valence-electron chi connectivity index (χ4n) is 4.57. The molecule has 210 valence electrons. The first-order valence-corrected chi connectivity index (χ1v) is 12.8. The van der Waals surface area contributed by atoms with Crippen molar-refractivity contribution in [3.8, 4) is 0 Å². The summed E-state index contributed by atoms with van der Waals surface area (Å²) in [5, 5.41) is 8.80. The third-order valence-corrected chi connectivity index (χ3v) is 6.63. The molecule has 3 aromatic rings. The molecule has 41 heavy (non-hydrogen) atoms. The van der Waals surface area contributed by atoms with E-state index in [1.54, 1.807) is 42.4 Å². The number of benzene rings is 2. The second kappa shape index (κ2) is 12.0. The first kappa shape index (κ1) is 27.6. The molecule has 2 aliphatic rings. The van der Waals surface area contributed by atoms with Gasteiger partial charge in [-0.15, -0.1) is 0 Å². The average molecular weight is 560 g/mol. The Morgan fingerprint density at radius 3 is 2.63 bits per heavy atom.